The van der Waals surface area contributed by atoms with E-state index in [1.807, 2.05) is 39.1 Å². The summed E-state index contributed by atoms with van der Waals surface area (Å²) in [5.74, 6) is 0.433. The molecule has 1 aromatic rings. The van der Waals surface area contributed by atoms with Gasteiger partial charge in [0.05, 0.1) is 12.0 Å². The van der Waals surface area contributed by atoms with Crippen LogP contribution in [-0.2, 0) is 16.0 Å². The molecule has 0 radical (unpaired) electrons. The van der Waals surface area contributed by atoms with Crippen molar-refractivity contribution in [2.24, 2.45) is 5.92 Å². The number of benzene rings is 1. The van der Waals surface area contributed by atoms with Gasteiger partial charge in [-0.25, -0.2) is 0 Å². The molecule has 2 bridgehead atoms. The highest BCUT2D eigenvalue weighted by molar-refractivity contribution is 5.93. The van der Waals surface area contributed by atoms with Crippen molar-refractivity contribution < 1.29 is 14.3 Å². The smallest absolute Gasteiger partial charge is 0.313 e. The van der Waals surface area contributed by atoms with Gasteiger partial charge in [-0.3, -0.25) is 14.5 Å². The number of hydrogen-bond donors (Lipinski definition) is 0. The molecule has 2 atom stereocenters. The van der Waals surface area contributed by atoms with Crippen molar-refractivity contribution in [3.8, 4) is 5.75 Å². The summed E-state index contributed by atoms with van der Waals surface area (Å²) in [5.41, 5.74) is 2.26. The zero-order valence-electron chi connectivity index (χ0n) is 12.8. The first-order chi connectivity index (χ1) is 9.97. The summed E-state index contributed by atoms with van der Waals surface area (Å²) < 4.78 is 5.38. The van der Waals surface area contributed by atoms with Crippen LogP contribution in [0.4, 0.5) is 0 Å². The second-order valence-corrected chi connectivity index (χ2v) is 6.38. The van der Waals surface area contributed by atoms with Crippen LogP contribution in [0.5, 0.6) is 5.75 Å². The quantitative estimate of drug-likeness (QED) is 0.618. The van der Waals surface area contributed by atoms with Crippen molar-refractivity contribution in [3.63, 3.8) is 0 Å². The number of Topliss-reactive ketones (excluding diaryl/α,β-unsaturated/α-hetero) is 1. The SMILES string of the molecule is CC(C)C(=O)Oc1ccc2c(c1)C1CCN(C)C(C2)C1=O. The predicted molar refractivity (Wildman–Crippen MR) is 79.4 cm³/mol. The number of nitrogens with zero attached hydrogens (tertiary/aromatic N) is 1. The standard InChI is InChI=1S/C17H21NO3/c1-10(2)17(20)21-12-5-4-11-8-15-16(19)13(14(11)9-12)6-7-18(15)3/h4-5,9-10,13,15H,6-8H2,1-3H3. The van der Waals surface area contributed by atoms with Gasteiger partial charge in [-0.1, -0.05) is 19.9 Å². The van der Waals surface area contributed by atoms with Crippen molar-refractivity contribution >= 4 is 11.8 Å². The molecule has 2 unspecified atom stereocenters. The summed E-state index contributed by atoms with van der Waals surface area (Å²) in [5, 5.41) is 0. The lowest BCUT2D eigenvalue weighted by molar-refractivity contribution is -0.137. The van der Waals surface area contributed by atoms with Crippen LogP contribution in [0, 0.1) is 5.92 Å². The Hall–Kier alpha value is -1.68. The number of ketones is 1. The fraction of sp³-hybridized carbons (Fsp3) is 0.529. The maximum absolute atomic E-state index is 12.5. The Morgan fingerprint density at radius 3 is 2.86 bits per heavy atom. The molecule has 1 aliphatic carbocycles. The Balaban J connectivity index is 1.91. The number of esters is 1. The zero-order valence-corrected chi connectivity index (χ0v) is 12.8. The highest BCUT2D eigenvalue weighted by Crippen LogP contribution is 2.38. The van der Waals surface area contributed by atoms with Crippen LogP contribution < -0.4 is 4.74 Å². The minimum atomic E-state index is -0.238. The Morgan fingerprint density at radius 1 is 1.38 bits per heavy atom. The van der Waals surface area contributed by atoms with Crippen LogP contribution >= 0.6 is 0 Å². The van der Waals surface area contributed by atoms with E-state index in [2.05, 4.69) is 4.90 Å². The zero-order chi connectivity index (χ0) is 15.1. The number of carbonyl (C=O) groups excluding carboxylic acids is 2. The number of rotatable bonds is 2. The Bertz CT molecular complexity index is 594. The molecule has 4 heteroatoms. The maximum Gasteiger partial charge on any atom is 0.313 e. The lowest BCUT2D eigenvalue weighted by Crippen LogP contribution is -2.50. The van der Waals surface area contributed by atoms with Crippen molar-refractivity contribution in [3.05, 3.63) is 29.3 Å². The fourth-order valence-electron chi connectivity index (χ4n) is 3.23. The van der Waals surface area contributed by atoms with E-state index in [9.17, 15) is 9.59 Å². The van der Waals surface area contributed by atoms with Crippen LogP contribution in [0.3, 0.4) is 0 Å². The number of likely N-dealkylation sites (tertiary alicyclic amines) is 1. The average molecular weight is 287 g/mol. The summed E-state index contributed by atoms with van der Waals surface area (Å²) in [6.45, 7) is 4.56. The molecule has 2 aliphatic rings. The minimum Gasteiger partial charge on any atom is -0.426 e. The topological polar surface area (TPSA) is 46.6 Å². The summed E-state index contributed by atoms with van der Waals surface area (Å²) in [7, 11) is 2.02. The number of fused-ring (bicyclic) bond motifs is 4. The molecule has 112 valence electrons. The van der Waals surface area contributed by atoms with Gasteiger partial charge in [0.25, 0.3) is 0 Å². The molecule has 1 fully saturated rings. The third-order valence-electron chi connectivity index (χ3n) is 4.57. The Labute approximate surface area is 125 Å². The van der Waals surface area contributed by atoms with Crippen LogP contribution in [-0.4, -0.2) is 36.3 Å². The molecule has 1 aliphatic heterocycles. The highest BCUT2D eigenvalue weighted by Gasteiger charge is 2.40. The summed E-state index contributed by atoms with van der Waals surface area (Å²) in [4.78, 5) is 26.3. The van der Waals surface area contributed by atoms with E-state index in [0.29, 0.717) is 11.5 Å². The number of likely N-dealkylation sites (N-methyl/N-ethyl adjacent to an activating group) is 1. The van der Waals surface area contributed by atoms with Crippen LogP contribution in [0.2, 0.25) is 0 Å². The largest absolute Gasteiger partial charge is 0.426 e. The maximum atomic E-state index is 12.5. The number of hydrogen-bond acceptors (Lipinski definition) is 4. The molecule has 1 aromatic carbocycles. The number of ether oxygens (including phenoxy) is 1. The monoisotopic (exact) mass is 287 g/mol. The van der Waals surface area contributed by atoms with E-state index >= 15 is 0 Å². The van der Waals surface area contributed by atoms with E-state index < -0.39 is 0 Å². The fourth-order valence-corrected chi connectivity index (χ4v) is 3.23. The van der Waals surface area contributed by atoms with Gasteiger partial charge in [-0.05, 0) is 49.7 Å². The van der Waals surface area contributed by atoms with Crippen molar-refractivity contribution in [2.75, 3.05) is 13.6 Å². The molecule has 4 nitrogen and oxygen atoms in total. The summed E-state index contributed by atoms with van der Waals surface area (Å²) >= 11 is 0. The molecule has 0 amide bonds. The first-order valence-electron chi connectivity index (χ1n) is 7.56. The van der Waals surface area contributed by atoms with E-state index in [1.54, 1.807) is 0 Å². The average Bonchev–Trinajstić information content (AvgIpc) is 2.43. The minimum absolute atomic E-state index is 0.0142. The van der Waals surface area contributed by atoms with Gasteiger partial charge < -0.3 is 4.74 Å². The van der Waals surface area contributed by atoms with Gasteiger partial charge >= 0.3 is 5.97 Å². The predicted octanol–water partition coefficient (Wildman–Crippen LogP) is 2.16. The first-order valence-corrected chi connectivity index (χ1v) is 7.56. The summed E-state index contributed by atoms with van der Waals surface area (Å²) in [6, 6.07) is 5.74. The molecule has 0 aromatic heterocycles. The molecule has 3 rings (SSSR count). The second kappa shape index (κ2) is 5.26. The molecular formula is C17H21NO3. The number of piperidine rings is 1. The number of carbonyl (C=O) groups is 2. The molecule has 0 spiro atoms. The van der Waals surface area contributed by atoms with Gasteiger partial charge in [0.15, 0.2) is 5.78 Å². The Morgan fingerprint density at radius 2 is 2.14 bits per heavy atom. The van der Waals surface area contributed by atoms with E-state index in [1.165, 1.54) is 5.56 Å². The normalized spacial score (nSPS) is 24.9. The highest BCUT2D eigenvalue weighted by atomic mass is 16.5. The molecule has 0 saturated carbocycles. The van der Waals surface area contributed by atoms with Crippen molar-refractivity contribution in [1.29, 1.82) is 0 Å². The third kappa shape index (κ3) is 2.48. The molecule has 1 saturated heterocycles. The molecule has 21 heavy (non-hydrogen) atoms. The van der Waals surface area contributed by atoms with Gasteiger partial charge in [0.2, 0.25) is 0 Å². The van der Waals surface area contributed by atoms with Gasteiger partial charge in [-0.15, -0.1) is 0 Å². The van der Waals surface area contributed by atoms with Gasteiger partial charge in [0.1, 0.15) is 5.75 Å². The Kier molecular flexibility index (Phi) is 3.57. The second-order valence-electron chi connectivity index (χ2n) is 6.38. The lowest BCUT2D eigenvalue weighted by atomic mass is 9.74. The molecular weight excluding hydrogens is 266 g/mol. The lowest BCUT2D eigenvalue weighted by Gasteiger charge is -2.40. The van der Waals surface area contributed by atoms with Crippen LogP contribution in [0.25, 0.3) is 0 Å². The first kappa shape index (κ1) is 14.3. The van der Waals surface area contributed by atoms with Crippen molar-refractivity contribution in [1.82, 2.24) is 4.90 Å². The summed E-state index contributed by atoms with van der Waals surface area (Å²) in [6.07, 6.45) is 1.61. The van der Waals surface area contributed by atoms with Crippen LogP contribution in [0.15, 0.2) is 18.2 Å². The van der Waals surface area contributed by atoms with Gasteiger partial charge in [0, 0.05) is 5.92 Å². The van der Waals surface area contributed by atoms with Crippen LogP contribution in [0.1, 0.15) is 37.3 Å². The third-order valence-corrected chi connectivity index (χ3v) is 4.57. The van der Waals surface area contributed by atoms with E-state index in [4.69, 9.17) is 4.74 Å². The van der Waals surface area contributed by atoms with E-state index in [-0.39, 0.29) is 23.8 Å². The molecule has 0 N–H and O–H groups in total. The molecule has 1 heterocycles. The van der Waals surface area contributed by atoms with E-state index in [0.717, 1.165) is 24.9 Å². The van der Waals surface area contributed by atoms with Gasteiger partial charge in [-0.2, -0.15) is 0 Å². The van der Waals surface area contributed by atoms with Crippen molar-refractivity contribution in [2.45, 2.75) is 38.6 Å².